The minimum Gasteiger partial charge on any atom is -0.354 e. The van der Waals surface area contributed by atoms with Crippen LogP contribution in [0, 0.1) is 0 Å². The highest BCUT2D eigenvalue weighted by atomic mass is 32.1. The van der Waals surface area contributed by atoms with Gasteiger partial charge in [-0.15, -0.1) is 11.3 Å². The van der Waals surface area contributed by atoms with Gasteiger partial charge in [-0.1, -0.05) is 6.07 Å². The van der Waals surface area contributed by atoms with E-state index in [0.29, 0.717) is 24.4 Å². The zero-order valence-corrected chi connectivity index (χ0v) is 17.5. The Labute approximate surface area is 173 Å². The number of urea groups is 1. The van der Waals surface area contributed by atoms with E-state index in [1.165, 1.54) is 16.2 Å². The van der Waals surface area contributed by atoms with Crippen LogP contribution in [0.25, 0.3) is 0 Å². The Bertz CT molecular complexity index is 767. The van der Waals surface area contributed by atoms with E-state index in [1.54, 1.807) is 22.4 Å². The van der Waals surface area contributed by atoms with Crippen molar-refractivity contribution in [3.63, 3.8) is 0 Å². The van der Waals surface area contributed by atoms with Gasteiger partial charge in [0.1, 0.15) is 12.1 Å². The Kier molecular flexibility index (Phi) is 6.73. The minimum absolute atomic E-state index is 0.0357. The minimum atomic E-state index is -0.856. The maximum Gasteiger partial charge on any atom is 0.317 e. The summed E-state index contributed by atoms with van der Waals surface area (Å²) in [5, 5.41) is 10.1. The van der Waals surface area contributed by atoms with Crippen molar-refractivity contribution >= 4 is 35.1 Å². The summed E-state index contributed by atoms with van der Waals surface area (Å²) in [4.78, 5) is 54.0. The largest absolute Gasteiger partial charge is 0.354 e. The number of rotatable bonds is 4. The first kappa shape index (κ1) is 21.1. The van der Waals surface area contributed by atoms with E-state index in [9.17, 15) is 19.2 Å². The van der Waals surface area contributed by atoms with Gasteiger partial charge < -0.3 is 25.8 Å². The summed E-state index contributed by atoms with van der Waals surface area (Å²) < 4.78 is 0. The average Bonchev–Trinajstić information content (AvgIpc) is 3.23. The van der Waals surface area contributed by atoms with Gasteiger partial charge in [-0.05, 0) is 38.1 Å². The lowest BCUT2D eigenvalue weighted by molar-refractivity contribution is -0.133. The zero-order valence-electron chi connectivity index (χ0n) is 16.6. The number of hydrogen-bond acceptors (Lipinski definition) is 5. The van der Waals surface area contributed by atoms with Crippen molar-refractivity contribution < 1.29 is 19.2 Å². The molecule has 2 fully saturated rings. The zero-order chi connectivity index (χ0) is 21.0. The van der Waals surface area contributed by atoms with Gasteiger partial charge >= 0.3 is 6.03 Å². The fourth-order valence-corrected chi connectivity index (χ4v) is 4.17. The maximum absolute atomic E-state index is 13.0. The summed E-state index contributed by atoms with van der Waals surface area (Å²) in [5.41, 5.74) is 0. The van der Waals surface area contributed by atoms with Gasteiger partial charge in [0.25, 0.3) is 5.91 Å². The predicted octanol–water partition coefficient (Wildman–Crippen LogP) is 0.387. The number of thiophene rings is 1. The molecule has 1 aromatic rings. The number of hydrogen-bond donors (Lipinski definition) is 3. The molecule has 1 aromatic heterocycles. The van der Waals surface area contributed by atoms with Gasteiger partial charge in [0, 0.05) is 25.7 Å². The van der Waals surface area contributed by atoms with Crippen LogP contribution in [0.4, 0.5) is 4.79 Å². The normalized spacial score (nSPS) is 22.2. The van der Waals surface area contributed by atoms with Crippen molar-refractivity contribution in [3.8, 4) is 0 Å². The molecular weight excluding hydrogens is 394 g/mol. The first-order valence-electron chi connectivity index (χ1n) is 9.85. The first-order valence-corrected chi connectivity index (χ1v) is 10.7. The van der Waals surface area contributed by atoms with Crippen LogP contribution in [-0.2, 0) is 9.59 Å². The topological polar surface area (TPSA) is 111 Å². The van der Waals surface area contributed by atoms with E-state index in [0.717, 1.165) is 6.42 Å². The van der Waals surface area contributed by atoms with Crippen LogP contribution in [0.5, 0.6) is 0 Å². The van der Waals surface area contributed by atoms with Crippen LogP contribution in [0.2, 0.25) is 0 Å². The Morgan fingerprint density at radius 1 is 1.28 bits per heavy atom. The van der Waals surface area contributed by atoms with E-state index in [1.807, 2.05) is 13.8 Å². The molecule has 2 saturated heterocycles. The number of nitrogens with one attached hydrogen (secondary N) is 3. The van der Waals surface area contributed by atoms with Crippen molar-refractivity contribution in [2.45, 2.75) is 44.8 Å². The lowest BCUT2D eigenvalue weighted by Gasteiger charge is -2.41. The van der Waals surface area contributed by atoms with Crippen molar-refractivity contribution in [2.75, 3.05) is 26.2 Å². The first-order chi connectivity index (χ1) is 13.9. The molecule has 3 rings (SSSR count). The summed E-state index contributed by atoms with van der Waals surface area (Å²) >= 11 is 1.31. The molecule has 158 valence electrons. The second-order valence-corrected chi connectivity index (χ2v) is 8.48. The van der Waals surface area contributed by atoms with E-state index in [-0.39, 0.29) is 37.0 Å². The Morgan fingerprint density at radius 2 is 2.07 bits per heavy atom. The molecule has 5 amide bonds. The predicted molar refractivity (Wildman–Crippen MR) is 109 cm³/mol. The summed E-state index contributed by atoms with van der Waals surface area (Å²) in [6, 6.07) is 1.73. The van der Waals surface area contributed by atoms with Crippen LogP contribution in [0.15, 0.2) is 17.5 Å². The number of amides is 5. The van der Waals surface area contributed by atoms with Crippen molar-refractivity contribution in [3.05, 3.63) is 22.4 Å². The van der Waals surface area contributed by atoms with Crippen molar-refractivity contribution in [1.82, 2.24) is 25.8 Å². The molecule has 0 radical (unpaired) electrons. The molecule has 0 aromatic carbocycles. The molecule has 2 atom stereocenters. The molecule has 0 unspecified atom stereocenters. The summed E-state index contributed by atoms with van der Waals surface area (Å²) in [7, 11) is 0. The Hall–Kier alpha value is -2.62. The lowest BCUT2D eigenvalue weighted by atomic mass is 10.0. The van der Waals surface area contributed by atoms with Crippen LogP contribution < -0.4 is 16.0 Å². The third kappa shape index (κ3) is 5.06. The second kappa shape index (κ2) is 9.25. The highest BCUT2D eigenvalue weighted by molar-refractivity contribution is 7.12. The standard InChI is InChI=1S/C19H27N5O4S/c1-12(2)21-19(28)23-8-9-24(18(27)15-6-4-10-29-15)14(11-23)17(26)22-13-5-3-7-20-16(13)25/h4,6,10,12-14H,3,5,7-9,11H2,1-2H3,(H,20,25)(H,21,28)(H,22,26)/t13-,14-/m1/s1. The van der Waals surface area contributed by atoms with Crippen LogP contribution in [-0.4, -0.2) is 77.9 Å². The molecule has 0 aliphatic carbocycles. The number of carbonyl (C=O) groups is 4. The molecule has 0 saturated carbocycles. The highest BCUT2D eigenvalue weighted by Crippen LogP contribution is 2.18. The third-order valence-corrected chi connectivity index (χ3v) is 5.83. The average molecular weight is 422 g/mol. The molecule has 2 aliphatic heterocycles. The van der Waals surface area contributed by atoms with Crippen molar-refractivity contribution in [2.24, 2.45) is 0 Å². The number of piperidine rings is 1. The Balaban J connectivity index is 1.76. The molecule has 2 aliphatic rings. The fourth-order valence-electron chi connectivity index (χ4n) is 3.49. The summed E-state index contributed by atoms with van der Waals surface area (Å²) in [6.45, 7) is 4.98. The summed E-state index contributed by atoms with van der Waals surface area (Å²) in [6.07, 6.45) is 1.34. The van der Waals surface area contributed by atoms with Crippen LogP contribution in [0.1, 0.15) is 36.4 Å². The van der Waals surface area contributed by atoms with Gasteiger partial charge in [0.15, 0.2) is 0 Å². The van der Waals surface area contributed by atoms with E-state index < -0.39 is 18.0 Å². The number of nitrogens with zero attached hydrogens (tertiary/aromatic N) is 2. The molecule has 10 heteroatoms. The number of carbonyl (C=O) groups excluding carboxylic acids is 4. The monoisotopic (exact) mass is 421 g/mol. The van der Waals surface area contributed by atoms with E-state index in [2.05, 4.69) is 16.0 Å². The molecule has 9 nitrogen and oxygen atoms in total. The van der Waals surface area contributed by atoms with E-state index in [4.69, 9.17) is 0 Å². The second-order valence-electron chi connectivity index (χ2n) is 7.54. The molecule has 0 bridgehead atoms. The highest BCUT2D eigenvalue weighted by Gasteiger charge is 2.39. The lowest BCUT2D eigenvalue weighted by Crippen LogP contribution is -2.64. The molecule has 3 N–H and O–H groups in total. The Morgan fingerprint density at radius 3 is 2.72 bits per heavy atom. The van der Waals surface area contributed by atoms with Gasteiger partial charge in [0.05, 0.1) is 11.4 Å². The van der Waals surface area contributed by atoms with Crippen LogP contribution in [0.3, 0.4) is 0 Å². The maximum atomic E-state index is 13.0. The van der Waals surface area contributed by atoms with Gasteiger partial charge in [-0.2, -0.15) is 0 Å². The van der Waals surface area contributed by atoms with Gasteiger partial charge in [-0.25, -0.2) is 4.79 Å². The van der Waals surface area contributed by atoms with Gasteiger partial charge in [-0.3, -0.25) is 14.4 Å². The summed E-state index contributed by atoms with van der Waals surface area (Å²) in [5.74, 6) is -0.873. The fraction of sp³-hybridized carbons (Fsp3) is 0.579. The smallest absolute Gasteiger partial charge is 0.317 e. The molecule has 0 spiro atoms. The molecule has 29 heavy (non-hydrogen) atoms. The SMILES string of the molecule is CC(C)NC(=O)N1CCN(C(=O)c2cccs2)[C@@H](C(=O)N[C@@H]2CCCNC2=O)C1. The third-order valence-electron chi connectivity index (χ3n) is 4.98. The van der Waals surface area contributed by atoms with E-state index >= 15 is 0 Å². The number of piperazine rings is 1. The molecule has 3 heterocycles. The quantitative estimate of drug-likeness (QED) is 0.653. The van der Waals surface area contributed by atoms with Crippen molar-refractivity contribution in [1.29, 1.82) is 0 Å². The molecular formula is C19H27N5O4S. The van der Waals surface area contributed by atoms with Gasteiger partial charge in [0.2, 0.25) is 11.8 Å². The van der Waals surface area contributed by atoms with Crippen LogP contribution >= 0.6 is 11.3 Å².